The van der Waals surface area contributed by atoms with Gasteiger partial charge in [-0.3, -0.25) is 0 Å². The zero-order valence-corrected chi connectivity index (χ0v) is 14.7. The van der Waals surface area contributed by atoms with E-state index in [1.807, 2.05) is 12.1 Å². The minimum absolute atomic E-state index is 0.617. The average molecular weight is 373 g/mol. The lowest BCUT2D eigenvalue weighted by atomic mass is 10.0. The molecule has 2 rings (SSSR count). The topological polar surface area (TPSA) is 12.0 Å². The summed E-state index contributed by atoms with van der Waals surface area (Å²) < 4.78 is 0.875. The summed E-state index contributed by atoms with van der Waals surface area (Å²) in [6.45, 7) is 7.07. The molecule has 0 spiro atoms. The highest BCUT2D eigenvalue weighted by atomic mass is 79.9. The van der Waals surface area contributed by atoms with Crippen molar-refractivity contribution in [3.8, 4) is 0 Å². The van der Waals surface area contributed by atoms with Crippen LogP contribution in [0.25, 0.3) is 0 Å². The molecular weight excluding hydrogens is 357 g/mol. The maximum atomic E-state index is 6.22. The fourth-order valence-electron chi connectivity index (χ4n) is 2.11. The Labute approximate surface area is 138 Å². The molecule has 0 saturated heterocycles. The van der Waals surface area contributed by atoms with Crippen LogP contribution >= 0.6 is 39.1 Å². The Hall–Kier alpha value is -0.700. The zero-order valence-electron chi connectivity index (χ0n) is 11.7. The summed E-state index contributed by atoms with van der Waals surface area (Å²) >= 11 is 15.8. The third-order valence-electron chi connectivity index (χ3n) is 3.41. The smallest absolute Gasteiger partial charge is 0.0722 e. The maximum absolute atomic E-state index is 6.22. The minimum atomic E-state index is 0.617. The Kier molecular flexibility index (Phi) is 5.00. The van der Waals surface area contributed by atoms with Gasteiger partial charge in [0.05, 0.1) is 15.7 Å². The van der Waals surface area contributed by atoms with Crippen LogP contribution in [-0.4, -0.2) is 0 Å². The molecule has 0 saturated carbocycles. The lowest BCUT2D eigenvalue weighted by Gasteiger charge is -2.14. The second kappa shape index (κ2) is 6.38. The summed E-state index contributed by atoms with van der Waals surface area (Å²) in [6, 6.07) is 8.08. The summed E-state index contributed by atoms with van der Waals surface area (Å²) in [5.41, 5.74) is 5.90. The van der Waals surface area contributed by atoms with Crippen LogP contribution < -0.4 is 5.32 Å². The van der Waals surface area contributed by atoms with Crippen LogP contribution in [0.1, 0.15) is 22.3 Å². The fourth-order valence-corrected chi connectivity index (χ4v) is 3.45. The Balaban J connectivity index is 2.23. The number of benzene rings is 2. The predicted octanol–water partition coefficient (Wildman–Crippen LogP) is 6.29. The molecular formula is C16H16BrCl2N. The van der Waals surface area contributed by atoms with E-state index in [0.29, 0.717) is 16.6 Å². The van der Waals surface area contributed by atoms with E-state index >= 15 is 0 Å². The largest absolute Gasteiger partial charge is 0.379 e. The molecule has 1 nitrogen and oxygen atoms in total. The lowest BCUT2D eigenvalue weighted by Crippen LogP contribution is -2.03. The van der Waals surface area contributed by atoms with Crippen molar-refractivity contribution in [3.63, 3.8) is 0 Å². The van der Waals surface area contributed by atoms with Gasteiger partial charge in [-0.2, -0.15) is 0 Å². The Morgan fingerprint density at radius 3 is 2.05 bits per heavy atom. The highest BCUT2D eigenvalue weighted by Crippen LogP contribution is 2.34. The van der Waals surface area contributed by atoms with Crippen molar-refractivity contribution in [2.24, 2.45) is 0 Å². The molecule has 0 unspecified atom stereocenters. The third kappa shape index (κ3) is 3.49. The normalized spacial score (nSPS) is 10.7. The third-order valence-corrected chi connectivity index (χ3v) is 4.47. The molecule has 0 atom stereocenters. The van der Waals surface area contributed by atoms with E-state index in [2.05, 4.69) is 54.2 Å². The summed E-state index contributed by atoms with van der Waals surface area (Å²) in [6.07, 6.45) is 0. The Morgan fingerprint density at radius 1 is 0.900 bits per heavy atom. The SMILES string of the molecule is Cc1cc(C)c(CNc2c(Cl)cc(Br)cc2Cl)cc1C. The van der Waals surface area contributed by atoms with Gasteiger partial charge in [-0.05, 0) is 55.2 Å². The van der Waals surface area contributed by atoms with Crippen molar-refractivity contribution >= 4 is 44.8 Å². The molecule has 0 aliphatic heterocycles. The van der Waals surface area contributed by atoms with E-state index in [9.17, 15) is 0 Å². The highest BCUT2D eigenvalue weighted by Gasteiger charge is 2.08. The van der Waals surface area contributed by atoms with Gasteiger partial charge in [0.1, 0.15) is 0 Å². The first kappa shape index (κ1) is 15.7. The van der Waals surface area contributed by atoms with Gasteiger partial charge in [-0.15, -0.1) is 0 Å². The quantitative estimate of drug-likeness (QED) is 0.667. The number of rotatable bonds is 3. The van der Waals surface area contributed by atoms with Gasteiger partial charge in [-0.25, -0.2) is 0 Å². The van der Waals surface area contributed by atoms with Crippen LogP contribution in [0.5, 0.6) is 0 Å². The van der Waals surface area contributed by atoms with Gasteiger partial charge in [0.2, 0.25) is 0 Å². The van der Waals surface area contributed by atoms with E-state index in [-0.39, 0.29) is 0 Å². The molecule has 106 valence electrons. The predicted molar refractivity (Wildman–Crippen MR) is 92.1 cm³/mol. The molecule has 0 radical (unpaired) electrons. The van der Waals surface area contributed by atoms with Crippen molar-refractivity contribution < 1.29 is 0 Å². The summed E-state index contributed by atoms with van der Waals surface area (Å²) in [5.74, 6) is 0. The Morgan fingerprint density at radius 2 is 1.45 bits per heavy atom. The highest BCUT2D eigenvalue weighted by molar-refractivity contribution is 9.10. The van der Waals surface area contributed by atoms with Crippen LogP contribution in [0, 0.1) is 20.8 Å². The molecule has 0 amide bonds. The zero-order chi connectivity index (χ0) is 14.9. The number of nitrogens with one attached hydrogen (secondary N) is 1. The second-order valence-electron chi connectivity index (χ2n) is 4.96. The number of anilines is 1. The van der Waals surface area contributed by atoms with Crippen LogP contribution in [-0.2, 0) is 6.54 Å². The van der Waals surface area contributed by atoms with Crippen LogP contribution in [0.3, 0.4) is 0 Å². The van der Waals surface area contributed by atoms with Crippen LogP contribution in [0.2, 0.25) is 10.0 Å². The number of halogens is 3. The van der Waals surface area contributed by atoms with Crippen molar-refractivity contribution in [2.45, 2.75) is 27.3 Å². The van der Waals surface area contributed by atoms with Crippen molar-refractivity contribution in [1.82, 2.24) is 0 Å². The van der Waals surface area contributed by atoms with E-state index in [1.165, 1.54) is 22.3 Å². The van der Waals surface area contributed by atoms with Gasteiger partial charge in [-0.1, -0.05) is 51.3 Å². The van der Waals surface area contributed by atoms with Gasteiger partial charge in [0.15, 0.2) is 0 Å². The molecule has 1 N–H and O–H groups in total. The van der Waals surface area contributed by atoms with Crippen molar-refractivity contribution in [3.05, 3.63) is 61.0 Å². The van der Waals surface area contributed by atoms with Gasteiger partial charge < -0.3 is 5.32 Å². The number of hydrogen-bond donors (Lipinski definition) is 1. The molecule has 0 bridgehead atoms. The molecule has 0 heterocycles. The van der Waals surface area contributed by atoms with E-state index in [1.54, 1.807) is 0 Å². The van der Waals surface area contributed by atoms with Gasteiger partial charge in [0, 0.05) is 11.0 Å². The molecule has 0 aromatic heterocycles. The standard InChI is InChI=1S/C16H16BrCl2N/c1-9-4-11(3)12(5-10(9)2)8-20-16-14(18)6-13(17)7-15(16)19/h4-7,20H,8H2,1-3H3. The second-order valence-corrected chi connectivity index (χ2v) is 6.69. The minimum Gasteiger partial charge on any atom is -0.379 e. The first-order valence-corrected chi connectivity index (χ1v) is 7.88. The summed E-state index contributed by atoms with van der Waals surface area (Å²) in [4.78, 5) is 0. The molecule has 20 heavy (non-hydrogen) atoms. The molecule has 2 aromatic rings. The monoisotopic (exact) mass is 371 g/mol. The number of aryl methyl sites for hydroxylation is 3. The molecule has 2 aromatic carbocycles. The van der Waals surface area contributed by atoms with E-state index in [4.69, 9.17) is 23.2 Å². The molecule has 0 aliphatic rings. The van der Waals surface area contributed by atoms with Crippen LogP contribution in [0.15, 0.2) is 28.7 Å². The average Bonchev–Trinajstić information content (AvgIpc) is 2.33. The summed E-state index contributed by atoms with van der Waals surface area (Å²) in [7, 11) is 0. The summed E-state index contributed by atoms with van der Waals surface area (Å²) in [5, 5.41) is 4.56. The lowest BCUT2D eigenvalue weighted by molar-refractivity contribution is 1.10. The van der Waals surface area contributed by atoms with Crippen molar-refractivity contribution in [1.29, 1.82) is 0 Å². The van der Waals surface area contributed by atoms with Crippen molar-refractivity contribution in [2.75, 3.05) is 5.32 Å². The van der Waals surface area contributed by atoms with Gasteiger partial charge in [0.25, 0.3) is 0 Å². The van der Waals surface area contributed by atoms with Crippen LogP contribution in [0.4, 0.5) is 5.69 Å². The molecule has 4 heteroatoms. The fraction of sp³-hybridized carbons (Fsp3) is 0.250. The Bertz CT molecular complexity index is 630. The first-order chi connectivity index (χ1) is 9.38. The number of hydrogen-bond acceptors (Lipinski definition) is 1. The van der Waals surface area contributed by atoms with Gasteiger partial charge >= 0.3 is 0 Å². The molecule has 0 aliphatic carbocycles. The van der Waals surface area contributed by atoms with E-state index in [0.717, 1.165) is 10.2 Å². The first-order valence-electron chi connectivity index (χ1n) is 6.33. The maximum Gasteiger partial charge on any atom is 0.0722 e. The van der Waals surface area contributed by atoms with E-state index < -0.39 is 0 Å². The molecule has 0 fully saturated rings.